The van der Waals surface area contributed by atoms with Crippen molar-refractivity contribution in [1.82, 2.24) is 4.90 Å². The molecule has 12 heavy (non-hydrogen) atoms. The van der Waals surface area contributed by atoms with E-state index >= 15 is 0 Å². The minimum atomic E-state index is 0.831. The molecule has 3 nitrogen and oxygen atoms in total. The van der Waals surface area contributed by atoms with E-state index in [-0.39, 0.29) is 0 Å². The molecule has 0 aliphatic carbocycles. The van der Waals surface area contributed by atoms with Crippen molar-refractivity contribution in [2.75, 3.05) is 24.6 Å². The van der Waals surface area contributed by atoms with Gasteiger partial charge in [-0.2, -0.15) is 11.8 Å². The average Bonchev–Trinajstić information content (AvgIpc) is 2.21. The van der Waals surface area contributed by atoms with E-state index in [0.29, 0.717) is 0 Å². The summed E-state index contributed by atoms with van der Waals surface area (Å²) in [6.45, 7) is 2.10. The molecule has 2 heterocycles. The Morgan fingerprint density at radius 3 is 2.75 bits per heavy atom. The molecule has 0 spiro atoms. The molecule has 2 rings (SSSR count). The Kier molecular flexibility index (Phi) is 2.46. The second kappa shape index (κ2) is 3.76. The second-order valence-corrected chi connectivity index (χ2v) is 3.81. The summed E-state index contributed by atoms with van der Waals surface area (Å²) >= 11 is 1.98. The van der Waals surface area contributed by atoms with Gasteiger partial charge in [-0.15, -0.1) is 0 Å². The average molecular weight is 185 g/mol. The Bertz CT molecular complexity index is 209. The fourth-order valence-corrected chi connectivity index (χ4v) is 2.09. The van der Waals surface area contributed by atoms with Crippen molar-refractivity contribution in [2.24, 2.45) is 0 Å². The third kappa shape index (κ3) is 1.69. The van der Waals surface area contributed by atoms with Crippen molar-refractivity contribution in [3.63, 3.8) is 0 Å². The van der Waals surface area contributed by atoms with Gasteiger partial charge in [-0.3, -0.25) is 0 Å². The van der Waals surface area contributed by atoms with Gasteiger partial charge < -0.3 is 14.4 Å². The van der Waals surface area contributed by atoms with Crippen molar-refractivity contribution in [2.45, 2.75) is 0 Å². The van der Waals surface area contributed by atoms with Crippen LogP contribution in [0.2, 0.25) is 0 Å². The normalized spacial score (nSPS) is 22.7. The van der Waals surface area contributed by atoms with Gasteiger partial charge >= 0.3 is 0 Å². The van der Waals surface area contributed by atoms with Crippen molar-refractivity contribution in [3.05, 3.63) is 24.7 Å². The fourth-order valence-electron chi connectivity index (χ4n) is 1.19. The predicted octanol–water partition coefficient (Wildman–Crippen LogP) is 1.35. The van der Waals surface area contributed by atoms with Gasteiger partial charge in [-0.1, -0.05) is 0 Å². The highest BCUT2D eigenvalue weighted by Crippen LogP contribution is 2.17. The molecule has 0 radical (unpaired) electrons. The van der Waals surface area contributed by atoms with Crippen LogP contribution in [0.5, 0.6) is 0 Å². The molecule has 1 saturated heterocycles. The van der Waals surface area contributed by atoms with Crippen LogP contribution in [0.25, 0.3) is 0 Å². The minimum absolute atomic E-state index is 0.831. The molecule has 2 aliphatic rings. The lowest BCUT2D eigenvalue weighted by atomic mass is 10.5. The standard InChI is InChI=1S/C8H11NO2S/c1-5-12-6-2-9(1)8-7-10-3-4-11-8/h3-4,7H,1-2,5-6H2. The van der Waals surface area contributed by atoms with Crippen LogP contribution in [0.1, 0.15) is 0 Å². The van der Waals surface area contributed by atoms with E-state index in [9.17, 15) is 0 Å². The lowest BCUT2D eigenvalue weighted by molar-refractivity contribution is 0.151. The Morgan fingerprint density at radius 1 is 1.25 bits per heavy atom. The summed E-state index contributed by atoms with van der Waals surface area (Å²) in [5.74, 6) is 3.17. The summed E-state index contributed by atoms with van der Waals surface area (Å²) in [5.41, 5.74) is 0. The smallest absolute Gasteiger partial charge is 0.231 e. The van der Waals surface area contributed by atoms with Crippen molar-refractivity contribution < 1.29 is 9.47 Å². The Hall–Kier alpha value is -0.770. The van der Waals surface area contributed by atoms with Crippen LogP contribution in [0, 0.1) is 0 Å². The summed E-state index contributed by atoms with van der Waals surface area (Å²) in [4.78, 5) is 2.19. The third-order valence-electron chi connectivity index (χ3n) is 1.81. The topological polar surface area (TPSA) is 21.7 Å². The van der Waals surface area contributed by atoms with E-state index in [0.717, 1.165) is 19.0 Å². The van der Waals surface area contributed by atoms with E-state index < -0.39 is 0 Å². The SMILES string of the molecule is C1=COC(N2CCSCC2)=CO1. The molecular weight excluding hydrogens is 174 g/mol. The first kappa shape index (κ1) is 7.86. The minimum Gasteiger partial charge on any atom is -0.464 e. The van der Waals surface area contributed by atoms with Crippen LogP contribution in [0.3, 0.4) is 0 Å². The van der Waals surface area contributed by atoms with E-state index in [1.54, 1.807) is 12.5 Å². The predicted molar refractivity (Wildman–Crippen MR) is 48.3 cm³/mol. The lowest BCUT2D eigenvalue weighted by Gasteiger charge is -2.29. The highest BCUT2D eigenvalue weighted by Gasteiger charge is 2.15. The molecule has 0 amide bonds. The van der Waals surface area contributed by atoms with Gasteiger partial charge in [0.05, 0.1) is 0 Å². The molecule has 0 bridgehead atoms. The van der Waals surface area contributed by atoms with Gasteiger partial charge in [0.15, 0.2) is 6.26 Å². The molecule has 66 valence electrons. The van der Waals surface area contributed by atoms with Crippen LogP contribution in [0.4, 0.5) is 0 Å². The van der Waals surface area contributed by atoms with Gasteiger partial charge in [0.2, 0.25) is 5.88 Å². The molecular formula is C8H11NO2S. The van der Waals surface area contributed by atoms with E-state index in [4.69, 9.17) is 9.47 Å². The maximum absolute atomic E-state index is 5.29. The van der Waals surface area contributed by atoms with E-state index in [2.05, 4.69) is 4.90 Å². The zero-order chi connectivity index (χ0) is 8.23. The Morgan fingerprint density at radius 2 is 2.08 bits per heavy atom. The quantitative estimate of drug-likeness (QED) is 0.614. The molecule has 4 heteroatoms. The zero-order valence-corrected chi connectivity index (χ0v) is 7.55. The molecule has 0 aromatic carbocycles. The first-order chi connectivity index (χ1) is 5.97. The number of nitrogens with zero attached hydrogens (tertiary/aromatic N) is 1. The van der Waals surface area contributed by atoms with E-state index in [1.165, 1.54) is 17.8 Å². The van der Waals surface area contributed by atoms with Gasteiger partial charge in [-0.05, 0) is 0 Å². The van der Waals surface area contributed by atoms with E-state index in [1.807, 2.05) is 11.8 Å². The summed E-state index contributed by atoms with van der Waals surface area (Å²) in [6.07, 6.45) is 4.75. The summed E-state index contributed by atoms with van der Waals surface area (Å²) < 4.78 is 10.3. The van der Waals surface area contributed by atoms with Crippen LogP contribution in [-0.4, -0.2) is 29.5 Å². The van der Waals surface area contributed by atoms with Crippen LogP contribution < -0.4 is 0 Å². The highest BCUT2D eigenvalue weighted by atomic mass is 32.2. The number of thioether (sulfide) groups is 1. The number of rotatable bonds is 1. The van der Waals surface area contributed by atoms with Crippen molar-refractivity contribution >= 4 is 11.8 Å². The van der Waals surface area contributed by atoms with Crippen LogP contribution >= 0.6 is 11.8 Å². The second-order valence-electron chi connectivity index (χ2n) is 2.58. The van der Waals surface area contributed by atoms with Gasteiger partial charge in [0.1, 0.15) is 12.5 Å². The largest absolute Gasteiger partial charge is 0.464 e. The zero-order valence-electron chi connectivity index (χ0n) is 6.73. The lowest BCUT2D eigenvalue weighted by Crippen LogP contribution is -2.32. The maximum atomic E-state index is 5.29. The fraction of sp³-hybridized carbons (Fsp3) is 0.500. The number of hydrogen-bond donors (Lipinski definition) is 0. The monoisotopic (exact) mass is 185 g/mol. The molecule has 0 N–H and O–H groups in total. The van der Waals surface area contributed by atoms with Crippen molar-refractivity contribution in [3.8, 4) is 0 Å². The van der Waals surface area contributed by atoms with Gasteiger partial charge in [0, 0.05) is 24.6 Å². The summed E-state index contributed by atoms with van der Waals surface area (Å²) in [7, 11) is 0. The van der Waals surface area contributed by atoms with Gasteiger partial charge in [0.25, 0.3) is 0 Å². The molecule has 0 saturated carbocycles. The Balaban J connectivity index is 1.93. The van der Waals surface area contributed by atoms with Crippen molar-refractivity contribution in [1.29, 1.82) is 0 Å². The van der Waals surface area contributed by atoms with Crippen LogP contribution in [-0.2, 0) is 9.47 Å². The third-order valence-corrected chi connectivity index (χ3v) is 2.76. The molecule has 0 aromatic rings. The molecule has 0 unspecified atom stereocenters. The summed E-state index contributed by atoms with van der Waals surface area (Å²) in [6, 6.07) is 0. The molecule has 2 aliphatic heterocycles. The number of ether oxygens (including phenoxy) is 2. The van der Waals surface area contributed by atoms with Crippen LogP contribution in [0.15, 0.2) is 24.7 Å². The number of hydrogen-bond acceptors (Lipinski definition) is 4. The first-order valence-electron chi connectivity index (χ1n) is 3.97. The Labute approximate surface area is 76.0 Å². The maximum Gasteiger partial charge on any atom is 0.231 e. The highest BCUT2D eigenvalue weighted by molar-refractivity contribution is 7.99. The van der Waals surface area contributed by atoms with Gasteiger partial charge in [-0.25, -0.2) is 0 Å². The molecule has 1 fully saturated rings. The first-order valence-corrected chi connectivity index (χ1v) is 5.12. The molecule has 0 atom stereocenters. The molecule has 0 aromatic heterocycles. The summed E-state index contributed by atoms with van der Waals surface area (Å²) in [5, 5.41) is 0.